The number of carbonyl (C=O) groups is 1. The van der Waals surface area contributed by atoms with Crippen LogP contribution in [0.2, 0.25) is 10.0 Å². The van der Waals surface area contributed by atoms with Gasteiger partial charge in [-0.25, -0.2) is 4.39 Å². The molecule has 0 amide bonds. The average Bonchev–Trinajstić information content (AvgIpc) is 2.19. The first-order valence-electron chi connectivity index (χ1n) is 4.86. The van der Waals surface area contributed by atoms with Crippen LogP contribution in [-0.4, -0.2) is 11.1 Å². The third kappa shape index (κ3) is 3.99. The maximum absolute atomic E-state index is 13.4. The first-order chi connectivity index (χ1) is 7.50. The van der Waals surface area contributed by atoms with E-state index in [2.05, 4.69) is 0 Å². The van der Waals surface area contributed by atoms with Gasteiger partial charge in [0, 0.05) is 6.42 Å². The molecule has 0 aliphatic rings. The molecule has 0 aliphatic carbocycles. The number of halogens is 3. The quantitative estimate of drug-likeness (QED) is 0.647. The van der Waals surface area contributed by atoms with Gasteiger partial charge in [0.05, 0.1) is 10.0 Å². The predicted molar refractivity (Wildman–Crippen MR) is 61.6 cm³/mol. The summed E-state index contributed by atoms with van der Waals surface area (Å²) in [5.41, 5.74) is 0.472. The summed E-state index contributed by atoms with van der Waals surface area (Å²) in [4.78, 5) is 10.3. The number of benzene rings is 1. The third-order valence-electron chi connectivity index (χ3n) is 2.18. The van der Waals surface area contributed by atoms with Crippen molar-refractivity contribution in [1.82, 2.24) is 0 Å². The summed E-state index contributed by atoms with van der Waals surface area (Å²) in [6.45, 7) is 0. The Bertz CT molecular complexity index is 394. The van der Waals surface area contributed by atoms with Crippen molar-refractivity contribution in [2.75, 3.05) is 0 Å². The topological polar surface area (TPSA) is 37.3 Å². The first kappa shape index (κ1) is 13.3. The average molecular weight is 265 g/mol. The van der Waals surface area contributed by atoms with Crippen LogP contribution in [0.25, 0.3) is 0 Å². The van der Waals surface area contributed by atoms with Crippen molar-refractivity contribution < 1.29 is 14.3 Å². The third-order valence-corrected chi connectivity index (χ3v) is 2.90. The van der Waals surface area contributed by atoms with Gasteiger partial charge in [-0.2, -0.15) is 0 Å². The van der Waals surface area contributed by atoms with Crippen molar-refractivity contribution in [3.05, 3.63) is 33.6 Å². The van der Waals surface area contributed by atoms with Gasteiger partial charge >= 0.3 is 5.97 Å². The molecule has 0 saturated heterocycles. The Kier molecular flexibility index (Phi) is 5.03. The monoisotopic (exact) mass is 264 g/mol. The molecule has 0 heterocycles. The zero-order valence-corrected chi connectivity index (χ0v) is 9.98. The van der Waals surface area contributed by atoms with Crippen molar-refractivity contribution in [3.63, 3.8) is 0 Å². The molecule has 0 unspecified atom stereocenters. The second-order valence-corrected chi connectivity index (χ2v) is 4.27. The van der Waals surface area contributed by atoms with E-state index in [1.54, 1.807) is 0 Å². The highest BCUT2D eigenvalue weighted by Gasteiger charge is 2.07. The zero-order valence-electron chi connectivity index (χ0n) is 8.47. The summed E-state index contributed by atoms with van der Waals surface area (Å²) >= 11 is 11.4. The summed E-state index contributed by atoms with van der Waals surface area (Å²) in [5.74, 6) is -1.24. The van der Waals surface area contributed by atoms with Crippen molar-refractivity contribution >= 4 is 29.2 Å². The normalized spacial score (nSPS) is 10.4. The van der Waals surface area contributed by atoms with E-state index in [1.165, 1.54) is 12.1 Å². The van der Waals surface area contributed by atoms with Gasteiger partial charge in [-0.05, 0) is 37.0 Å². The Labute approximate surface area is 103 Å². The molecule has 0 aromatic heterocycles. The molecule has 1 aromatic carbocycles. The van der Waals surface area contributed by atoms with E-state index in [1.807, 2.05) is 0 Å². The fourth-order valence-electron chi connectivity index (χ4n) is 1.35. The van der Waals surface area contributed by atoms with E-state index in [0.717, 1.165) is 0 Å². The van der Waals surface area contributed by atoms with Crippen molar-refractivity contribution in [1.29, 1.82) is 0 Å². The van der Waals surface area contributed by atoms with Crippen molar-refractivity contribution in [2.45, 2.75) is 25.7 Å². The summed E-state index contributed by atoms with van der Waals surface area (Å²) in [7, 11) is 0. The fourth-order valence-corrected chi connectivity index (χ4v) is 1.68. The van der Waals surface area contributed by atoms with Gasteiger partial charge in [0.15, 0.2) is 0 Å². The van der Waals surface area contributed by atoms with E-state index >= 15 is 0 Å². The smallest absolute Gasteiger partial charge is 0.303 e. The number of aliphatic carboxylic acids is 1. The second-order valence-electron chi connectivity index (χ2n) is 3.46. The van der Waals surface area contributed by atoms with Crippen LogP contribution in [0.3, 0.4) is 0 Å². The molecule has 1 N–H and O–H groups in total. The lowest BCUT2D eigenvalue weighted by Crippen LogP contribution is -1.96. The molecular weight excluding hydrogens is 254 g/mol. The van der Waals surface area contributed by atoms with Gasteiger partial charge in [0.1, 0.15) is 5.82 Å². The number of carboxylic acid groups (broad SMARTS) is 1. The van der Waals surface area contributed by atoms with Crippen LogP contribution < -0.4 is 0 Å². The van der Waals surface area contributed by atoms with Crippen LogP contribution in [0.5, 0.6) is 0 Å². The molecule has 16 heavy (non-hydrogen) atoms. The van der Waals surface area contributed by atoms with Gasteiger partial charge in [-0.15, -0.1) is 0 Å². The maximum atomic E-state index is 13.4. The van der Waals surface area contributed by atoms with Crippen LogP contribution in [0.15, 0.2) is 12.1 Å². The van der Waals surface area contributed by atoms with Crippen molar-refractivity contribution in [3.8, 4) is 0 Å². The first-order valence-corrected chi connectivity index (χ1v) is 5.61. The van der Waals surface area contributed by atoms with Gasteiger partial charge in [-0.3, -0.25) is 4.79 Å². The van der Waals surface area contributed by atoms with Gasteiger partial charge in [-0.1, -0.05) is 23.2 Å². The van der Waals surface area contributed by atoms with E-state index in [9.17, 15) is 9.18 Å². The highest BCUT2D eigenvalue weighted by Crippen LogP contribution is 2.26. The molecule has 0 aliphatic heterocycles. The molecule has 0 fully saturated rings. The number of hydrogen-bond acceptors (Lipinski definition) is 1. The molecule has 5 heteroatoms. The SMILES string of the molecule is O=C(O)CCCCc1cc(Cl)c(Cl)cc1F. The molecule has 1 rings (SSSR count). The van der Waals surface area contributed by atoms with Crippen molar-refractivity contribution in [2.24, 2.45) is 0 Å². The van der Waals surface area contributed by atoms with Gasteiger partial charge in [0.2, 0.25) is 0 Å². The zero-order chi connectivity index (χ0) is 12.1. The Hall–Kier alpha value is -0.800. The Balaban J connectivity index is 2.54. The lowest BCUT2D eigenvalue weighted by Gasteiger charge is -2.04. The molecule has 0 spiro atoms. The van der Waals surface area contributed by atoms with E-state index in [0.29, 0.717) is 29.8 Å². The molecule has 88 valence electrons. The van der Waals surface area contributed by atoms with Crippen LogP contribution in [0.4, 0.5) is 4.39 Å². The maximum Gasteiger partial charge on any atom is 0.303 e. The number of hydrogen-bond donors (Lipinski definition) is 1. The van der Waals surface area contributed by atoms with Gasteiger partial charge in [0.25, 0.3) is 0 Å². The van der Waals surface area contributed by atoms with Crippen LogP contribution >= 0.6 is 23.2 Å². The molecular formula is C11H11Cl2FO2. The Morgan fingerprint density at radius 1 is 1.25 bits per heavy atom. The van der Waals surface area contributed by atoms with Crippen LogP contribution in [0, 0.1) is 5.82 Å². The predicted octanol–water partition coefficient (Wildman–Crippen LogP) is 3.93. The molecule has 0 radical (unpaired) electrons. The van der Waals surface area contributed by atoms with Crippen LogP contribution in [-0.2, 0) is 11.2 Å². The molecule has 2 nitrogen and oxygen atoms in total. The highest BCUT2D eigenvalue weighted by atomic mass is 35.5. The lowest BCUT2D eigenvalue weighted by atomic mass is 10.1. The Morgan fingerprint density at radius 2 is 1.88 bits per heavy atom. The minimum absolute atomic E-state index is 0.100. The summed E-state index contributed by atoms with van der Waals surface area (Å²) < 4.78 is 13.4. The van der Waals surface area contributed by atoms with Crippen LogP contribution in [0.1, 0.15) is 24.8 Å². The highest BCUT2D eigenvalue weighted by molar-refractivity contribution is 6.42. The number of aryl methyl sites for hydroxylation is 1. The van der Waals surface area contributed by atoms with Gasteiger partial charge < -0.3 is 5.11 Å². The second kappa shape index (κ2) is 6.06. The standard InChI is InChI=1S/C11H11Cl2FO2/c12-8-5-7(10(14)6-9(8)13)3-1-2-4-11(15)16/h5-6H,1-4H2,(H,15,16). The molecule has 0 saturated carbocycles. The summed E-state index contributed by atoms with van der Waals surface area (Å²) in [6, 6.07) is 2.66. The number of rotatable bonds is 5. The Morgan fingerprint density at radius 3 is 2.50 bits per heavy atom. The van der Waals surface area contributed by atoms with E-state index in [4.69, 9.17) is 28.3 Å². The van der Waals surface area contributed by atoms with E-state index in [-0.39, 0.29) is 11.4 Å². The number of carboxylic acids is 1. The summed E-state index contributed by atoms with van der Waals surface area (Å²) in [6.07, 6.45) is 1.70. The minimum Gasteiger partial charge on any atom is -0.481 e. The largest absolute Gasteiger partial charge is 0.481 e. The lowest BCUT2D eigenvalue weighted by molar-refractivity contribution is -0.137. The summed E-state index contributed by atoms with van der Waals surface area (Å²) in [5, 5.41) is 8.94. The van der Waals surface area contributed by atoms with E-state index < -0.39 is 11.8 Å². The minimum atomic E-state index is -0.838. The number of unbranched alkanes of at least 4 members (excludes halogenated alkanes) is 1. The molecule has 0 atom stereocenters. The molecule has 1 aromatic rings. The fraction of sp³-hybridized carbons (Fsp3) is 0.364. The molecule has 0 bridgehead atoms.